The minimum atomic E-state index is -0.410. The number of hydrogen-bond donors (Lipinski definition) is 2. The van der Waals surface area contributed by atoms with Crippen molar-refractivity contribution >= 4 is 58.3 Å². The molecule has 1 atom stereocenters. The molecule has 1 aliphatic rings. The Bertz CT molecular complexity index is 1180. The summed E-state index contributed by atoms with van der Waals surface area (Å²) in [6.07, 6.45) is 8.05. The highest BCUT2D eigenvalue weighted by atomic mass is 35.5. The molecule has 0 amide bonds. The quantitative estimate of drug-likeness (QED) is 0.291. The molecular formula is C25H25Cl2N5OS. The molecule has 34 heavy (non-hydrogen) atoms. The highest BCUT2D eigenvalue weighted by Gasteiger charge is 2.17. The van der Waals surface area contributed by atoms with Crippen LogP contribution < -0.4 is 15.4 Å². The Hall–Kier alpha value is -2.74. The summed E-state index contributed by atoms with van der Waals surface area (Å²) in [7, 11) is 0. The number of pyridine rings is 2. The van der Waals surface area contributed by atoms with E-state index in [1.54, 1.807) is 24.3 Å². The summed E-state index contributed by atoms with van der Waals surface area (Å²) in [6.45, 7) is 3.90. The molecule has 0 saturated carbocycles. The molecule has 4 rings (SSSR count). The van der Waals surface area contributed by atoms with Crippen LogP contribution in [0.4, 0.5) is 11.5 Å². The molecule has 0 spiro atoms. The van der Waals surface area contributed by atoms with E-state index in [1.165, 1.54) is 12.4 Å². The highest BCUT2D eigenvalue weighted by Crippen LogP contribution is 2.33. The molecule has 1 aromatic carbocycles. The van der Waals surface area contributed by atoms with Crippen LogP contribution in [0.5, 0.6) is 5.75 Å². The highest BCUT2D eigenvalue weighted by molar-refractivity contribution is 7.99. The van der Waals surface area contributed by atoms with Crippen LogP contribution in [0.2, 0.25) is 10.0 Å². The van der Waals surface area contributed by atoms with Gasteiger partial charge in [0.15, 0.2) is 0 Å². The van der Waals surface area contributed by atoms with Crippen molar-refractivity contribution in [3.8, 4) is 5.75 Å². The van der Waals surface area contributed by atoms with Crippen LogP contribution in [0, 0.1) is 5.41 Å². The molecular weight excluding hydrogens is 489 g/mol. The summed E-state index contributed by atoms with van der Waals surface area (Å²) in [4.78, 5) is 10.9. The Labute approximate surface area is 213 Å². The van der Waals surface area contributed by atoms with Crippen molar-refractivity contribution in [2.75, 3.05) is 35.2 Å². The average Bonchev–Trinajstić information content (AvgIpc) is 2.84. The molecule has 0 radical (unpaired) electrons. The molecule has 1 aliphatic heterocycles. The van der Waals surface area contributed by atoms with E-state index in [-0.39, 0.29) is 5.71 Å². The molecule has 3 heterocycles. The molecule has 0 aliphatic carbocycles. The van der Waals surface area contributed by atoms with Crippen LogP contribution in [0.3, 0.4) is 0 Å². The fraction of sp³-hybridized carbons (Fsp3) is 0.240. The van der Waals surface area contributed by atoms with E-state index >= 15 is 0 Å². The van der Waals surface area contributed by atoms with Gasteiger partial charge in [-0.05, 0) is 48.9 Å². The molecule has 3 N–H and O–H groups in total. The van der Waals surface area contributed by atoms with Crippen molar-refractivity contribution in [3.63, 3.8) is 0 Å². The van der Waals surface area contributed by atoms with Gasteiger partial charge in [0.25, 0.3) is 0 Å². The standard InChI is InChI=1S/C25H25Cl2N5OS/c1-16(25-20(26)14-30-15-21(25)27)33-18-4-6-23(29)19(12-18)22(28)5-2-17-3-7-24(31-13-17)32-8-10-34-11-9-32/h2-7,12-16,28H,8-11,29H2,1H3/b5-2+,28-22?. The van der Waals surface area contributed by atoms with Crippen molar-refractivity contribution in [2.45, 2.75) is 13.0 Å². The van der Waals surface area contributed by atoms with Crippen LogP contribution >= 0.6 is 35.0 Å². The fourth-order valence-electron chi connectivity index (χ4n) is 3.66. The summed E-state index contributed by atoms with van der Waals surface area (Å²) < 4.78 is 6.05. The fourth-order valence-corrected chi connectivity index (χ4v) is 5.23. The SMILES string of the molecule is CC(Oc1ccc(N)c(C(=N)/C=C/c2ccc(N3CCSCC3)nc2)c1)c1c(Cl)cncc1Cl. The first-order valence-electron chi connectivity index (χ1n) is 10.8. The lowest BCUT2D eigenvalue weighted by Crippen LogP contribution is -2.32. The van der Waals surface area contributed by atoms with Gasteiger partial charge in [0.2, 0.25) is 0 Å². The third-order valence-corrected chi connectivity index (χ3v) is 7.02. The number of rotatable bonds is 7. The van der Waals surface area contributed by atoms with E-state index in [2.05, 4.69) is 14.9 Å². The summed E-state index contributed by atoms with van der Waals surface area (Å²) >= 11 is 14.5. The monoisotopic (exact) mass is 513 g/mol. The lowest BCUT2D eigenvalue weighted by atomic mass is 10.1. The number of anilines is 2. The third kappa shape index (κ3) is 5.84. The maximum Gasteiger partial charge on any atom is 0.128 e. The van der Waals surface area contributed by atoms with Crippen molar-refractivity contribution < 1.29 is 4.74 Å². The molecule has 176 valence electrons. The summed E-state index contributed by atoms with van der Waals surface area (Å²) in [5.74, 6) is 3.81. The van der Waals surface area contributed by atoms with Crippen molar-refractivity contribution in [1.82, 2.24) is 9.97 Å². The van der Waals surface area contributed by atoms with Crippen molar-refractivity contribution in [3.05, 3.63) is 81.7 Å². The largest absolute Gasteiger partial charge is 0.486 e. The van der Waals surface area contributed by atoms with E-state index in [1.807, 2.05) is 43.1 Å². The van der Waals surface area contributed by atoms with Crippen molar-refractivity contribution in [2.24, 2.45) is 0 Å². The number of allylic oxidation sites excluding steroid dienone is 1. The van der Waals surface area contributed by atoms with E-state index in [0.29, 0.717) is 32.6 Å². The van der Waals surface area contributed by atoms with E-state index in [0.717, 1.165) is 36.0 Å². The Kier molecular flexibility index (Phi) is 7.98. The molecule has 1 unspecified atom stereocenters. The van der Waals surface area contributed by atoms with Gasteiger partial charge in [-0.25, -0.2) is 4.98 Å². The zero-order valence-electron chi connectivity index (χ0n) is 18.7. The number of benzene rings is 1. The van der Waals surface area contributed by atoms with Gasteiger partial charge in [-0.2, -0.15) is 11.8 Å². The average molecular weight is 514 g/mol. The third-order valence-electron chi connectivity index (χ3n) is 5.47. The number of nitrogen functional groups attached to an aromatic ring is 1. The lowest BCUT2D eigenvalue weighted by Gasteiger charge is -2.27. The smallest absolute Gasteiger partial charge is 0.128 e. The van der Waals surface area contributed by atoms with Gasteiger partial charge < -0.3 is 20.8 Å². The number of hydrogen-bond acceptors (Lipinski definition) is 7. The second kappa shape index (κ2) is 11.1. The van der Waals surface area contributed by atoms with Gasteiger partial charge in [-0.1, -0.05) is 29.3 Å². The number of halogens is 2. The van der Waals surface area contributed by atoms with Gasteiger partial charge in [0.05, 0.1) is 15.8 Å². The Balaban J connectivity index is 1.46. The first kappa shape index (κ1) is 24.4. The maximum absolute atomic E-state index is 8.53. The predicted molar refractivity (Wildman–Crippen MR) is 144 cm³/mol. The maximum atomic E-state index is 8.53. The van der Waals surface area contributed by atoms with Gasteiger partial charge in [-0.15, -0.1) is 0 Å². The Morgan fingerprint density at radius 2 is 1.88 bits per heavy atom. The molecule has 9 heteroatoms. The number of ether oxygens (including phenoxy) is 1. The number of nitrogens with two attached hydrogens (primary N) is 1. The van der Waals surface area contributed by atoms with Crippen LogP contribution in [-0.4, -0.2) is 40.3 Å². The minimum absolute atomic E-state index is 0.271. The number of nitrogens with zero attached hydrogens (tertiary/aromatic N) is 3. The molecule has 3 aromatic rings. The first-order chi connectivity index (χ1) is 16.4. The zero-order chi connectivity index (χ0) is 24.1. The molecule has 6 nitrogen and oxygen atoms in total. The van der Waals surface area contributed by atoms with Gasteiger partial charge in [0, 0.05) is 60.0 Å². The Morgan fingerprint density at radius 1 is 1.15 bits per heavy atom. The number of thioether (sulfide) groups is 1. The second-order valence-corrected chi connectivity index (χ2v) is 9.86. The second-order valence-electron chi connectivity index (χ2n) is 7.82. The lowest BCUT2D eigenvalue weighted by molar-refractivity contribution is 0.227. The minimum Gasteiger partial charge on any atom is -0.486 e. The van der Waals surface area contributed by atoms with Gasteiger partial charge >= 0.3 is 0 Å². The van der Waals surface area contributed by atoms with Crippen LogP contribution in [0.25, 0.3) is 6.08 Å². The van der Waals surface area contributed by atoms with Crippen LogP contribution in [-0.2, 0) is 0 Å². The molecule has 2 aromatic heterocycles. The zero-order valence-corrected chi connectivity index (χ0v) is 21.0. The predicted octanol–water partition coefficient (Wildman–Crippen LogP) is 6.14. The van der Waals surface area contributed by atoms with E-state index in [9.17, 15) is 0 Å². The Morgan fingerprint density at radius 3 is 2.56 bits per heavy atom. The van der Waals surface area contributed by atoms with E-state index < -0.39 is 6.10 Å². The number of nitrogens with one attached hydrogen (secondary N) is 1. The van der Waals surface area contributed by atoms with Gasteiger partial charge in [-0.3, -0.25) is 4.98 Å². The van der Waals surface area contributed by atoms with Gasteiger partial charge in [0.1, 0.15) is 17.7 Å². The van der Waals surface area contributed by atoms with Crippen molar-refractivity contribution in [1.29, 1.82) is 5.41 Å². The van der Waals surface area contributed by atoms with Crippen LogP contribution in [0.1, 0.15) is 29.7 Å². The summed E-state index contributed by atoms with van der Waals surface area (Å²) in [6, 6.07) is 9.27. The summed E-state index contributed by atoms with van der Waals surface area (Å²) in [5, 5.41) is 9.40. The molecule has 1 saturated heterocycles. The number of aromatic nitrogens is 2. The normalized spacial score (nSPS) is 14.9. The van der Waals surface area contributed by atoms with Crippen LogP contribution in [0.15, 0.2) is 55.0 Å². The molecule has 0 bridgehead atoms. The first-order valence-corrected chi connectivity index (χ1v) is 12.7. The summed E-state index contributed by atoms with van der Waals surface area (Å²) in [5.41, 5.74) is 9.06. The van der Waals surface area contributed by atoms with E-state index in [4.69, 9.17) is 39.1 Å². The topological polar surface area (TPSA) is 88.1 Å². The molecule has 1 fully saturated rings.